The molecular weight excluding hydrogens is 400 g/mol. The molecule has 2 saturated heterocycles. The zero-order chi connectivity index (χ0) is 21.3. The van der Waals surface area contributed by atoms with E-state index in [0.717, 1.165) is 12.1 Å². The molecule has 0 unspecified atom stereocenters. The first-order valence-electron chi connectivity index (χ1n) is 9.50. The van der Waals surface area contributed by atoms with E-state index < -0.39 is 23.8 Å². The number of carbonyl (C=O) groups is 2. The zero-order valence-electron chi connectivity index (χ0n) is 16.3. The van der Waals surface area contributed by atoms with E-state index in [2.05, 4.69) is 15.7 Å². The van der Waals surface area contributed by atoms with Gasteiger partial charge in [-0.25, -0.2) is 23.7 Å². The number of nitrogens with one attached hydrogen (secondary N) is 1. The van der Waals surface area contributed by atoms with E-state index in [1.165, 1.54) is 27.7 Å². The van der Waals surface area contributed by atoms with Crippen LogP contribution in [0.4, 0.5) is 25.0 Å². The number of cyclic esters (lactones) is 1. The molecule has 2 fully saturated rings. The molecule has 2 aliphatic rings. The van der Waals surface area contributed by atoms with E-state index in [4.69, 9.17) is 4.74 Å². The van der Waals surface area contributed by atoms with Crippen LogP contribution in [-0.2, 0) is 16.1 Å². The van der Waals surface area contributed by atoms with Crippen LogP contribution >= 0.6 is 0 Å². The van der Waals surface area contributed by atoms with Crippen molar-refractivity contribution >= 4 is 23.4 Å². The lowest BCUT2D eigenvalue weighted by atomic mass is 10.2. The Kier molecular flexibility index (Phi) is 5.48. The summed E-state index contributed by atoms with van der Waals surface area (Å²) in [5.74, 6) is -1.73. The van der Waals surface area contributed by atoms with Gasteiger partial charge < -0.3 is 9.64 Å². The van der Waals surface area contributed by atoms with Crippen molar-refractivity contribution in [3.63, 3.8) is 0 Å². The summed E-state index contributed by atoms with van der Waals surface area (Å²) in [6, 6.07) is 2.25. The maximum atomic E-state index is 14.9. The molecule has 0 radical (unpaired) electrons. The van der Waals surface area contributed by atoms with E-state index in [0.29, 0.717) is 26.2 Å². The van der Waals surface area contributed by atoms with E-state index in [-0.39, 0.29) is 30.4 Å². The van der Waals surface area contributed by atoms with Crippen LogP contribution in [0.15, 0.2) is 24.5 Å². The highest BCUT2D eigenvalue weighted by molar-refractivity contribution is 5.90. The Morgan fingerprint density at radius 1 is 1.27 bits per heavy atom. The number of carbonyl (C=O) groups excluding carboxylic acids is 2. The van der Waals surface area contributed by atoms with E-state index in [1.807, 2.05) is 0 Å². The number of aromatic nitrogens is 3. The first kappa shape index (κ1) is 20.0. The normalized spacial score (nSPS) is 19.8. The molecule has 1 atom stereocenters. The van der Waals surface area contributed by atoms with Gasteiger partial charge in [-0.15, -0.1) is 5.10 Å². The number of anilines is 2. The van der Waals surface area contributed by atoms with Crippen LogP contribution < -0.4 is 15.2 Å². The minimum absolute atomic E-state index is 0.0816. The van der Waals surface area contributed by atoms with Gasteiger partial charge in [0.25, 0.3) is 0 Å². The summed E-state index contributed by atoms with van der Waals surface area (Å²) in [6.45, 7) is 3.09. The largest absolute Gasteiger partial charge is 0.442 e. The predicted molar refractivity (Wildman–Crippen MR) is 102 cm³/mol. The number of amides is 2. The van der Waals surface area contributed by atoms with Gasteiger partial charge in [-0.3, -0.25) is 14.7 Å². The Bertz CT molecular complexity index is 917. The second kappa shape index (κ2) is 8.22. The second-order valence-electron chi connectivity index (χ2n) is 7.07. The van der Waals surface area contributed by atoms with Gasteiger partial charge in [0.1, 0.15) is 11.8 Å². The molecule has 1 N–H and O–H groups in total. The van der Waals surface area contributed by atoms with Crippen molar-refractivity contribution in [3.05, 3.63) is 36.2 Å². The summed E-state index contributed by atoms with van der Waals surface area (Å²) in [4.78, 5) is 26.5. The minimum Gasteiger partial charge on any atom is -0.442 e. The smallest absolute Gasteiger partial charge is 0.414 e. The molecule has 30 heavy (non-hydrogen) atoms. The minimum atomic E-state index is -0.784. The van der Waals surface area contributed by atoms with Crippen molar-refractivity contribution in [2.75, 3.05) is 42.5 Å². The first-order valence-corrected chi connectivity index (χ1v) is 9.50. The molecule has 0 saturated carbocycles. The van der Waals surface area contributed by atoms with Gasteiger partial charge in [-0.1, -0.05) is 5.21 Å². The van der Waals surface area contributed by atoms with E-state index >= 15 is 0 Å². The lowest BCUT2D eigenvalue weighted by Gasteiger charge is -2.24. The number of rotatable bonds is 4. The van der Waals surface area contributed by atoms with Gasteiger partial charge >= 0.3 is 6.09 Å². The molecule has 1 aromatic carbocycles. The number of hydrogen-bond acceptors (Lipinski definition) is 7. The van der Waals surface area contributed by atoms with Crippen LogP contribution in [0.1, 0.15) is 6.92 Å². The lowest BCUT2D eigenvalue weighted by Crippen LogP contribution is -2.42. The Morgan fingerprint density at radius 2 is 2.03 bits per heavy atom. The lowest BCUT2D eigenvalue weighted by molar-refractivity contribution is -0.131. The Morgan fingerprint density at radius 3 is 2.70 bits per heavy atom. The molecule has 12 heteroatoms. The third kappa shape index (κ3) is 4.03. The molecule has 2 amide bonds. The van der Waals surface area contributed by atoms with Crippen LogP contribution in [0.5, 0.6) is 0 Å². The number of benzene rings is 1. The summed E-state index contributed by atoms with van der Waals surface area (Å²) < 4.78 is 36.6. The molecule has 0 spiro atoms. The first-order chi connectivity index (χ1) is 14.4. The van der Waals surface area contributed by atoms with Crippen molar-refractivity contribution in [1.29, 1.82) is 0 Å². The maximum Gasteiger partial charge on any atom is 0.414 e. The van der Waals surface area contributed by atoms with Crippen molar-refractivity contribution in [2.45, 2.75) is 19.6 Å². The fraction of sp³-hybridized carbons (Fsp3) is 0.444. The zero-order valence-corrected chi connectivity index (χ0v) is 16.3. The predicted octanol–water partition coefficient (Wildman–Crippen LogP) is 0.755. The third-order valence-corrected chi connectivity index (χ3v) is 5.02. The molecule has 2 aliphatic heterocycles. The number of nitrogens with zero attached hydrogens (tertiary/aromatic N) is 6. The van der Waals surface area contributed by atoms with Crippen LogP contribution in [-0.4, -0.2) is 70.8 Å². The average molecular weight is 421 g/mol. The van der Waals surface area contributed by atoms with Crippen LogP contribution in [0, 0.1) is 11.6 Å². The highest BCUT2D eigenvalue weighted by Gasteiger charge is 2.34. The van der Waals surface area contributed by atoms with Crippen LogP contribution in [0.3, 0.4) is 0 Å². The molecule has 0 bridgehead atoms. The Hall–Kier alpha value is -3.28. The van der Waals surface area contributed by atoms with Crippen molar-refractivity contribution in [2.24, 2.45) is 0 Å². The Balaban J connectivity index is 1.50. The van der Waals surface area contributed by atoms with Gasteiger partial charge in [-0.05, 0) is 0 Å². The van der Waals surface area contributed by atoms with E-state index in [9.17, 15) is 18.4 Å². The number of hydrazine groups is 1. The van der Waals surface area contributed by atoms with Crippen LogP contribution in [0.25, 0.3) is 0 Å². The second-order valence-corrected chi connectivity index (χ2v) is 7.07. The molecule has 1 aromatic heterocycles. The molecule has 3 heterocycles. The standard InChI is InChI=1S/C18H21F2N7O3/c1-12(28)27-7-6-24(4-3-22-27)17-15(19)8-13(9-16(17)20)26-11-14(30-18(26)29)10-25-5-2-21-23-25/h2,5,8-9,14,22H,3-4,6-7,10-11H2,1H3/t14-/m0/s1. The van der Waals surface area contributed by atoms with Gasteiger partial charge in [-0.2, -0.15) is 0 Å². The summed E-state index contributed by atoms with van der Waals surface area (Å²) in [7, 11) is 0. The fourth-order valence-electron chi connectivity index (χ4n) is 3.60. The van der Waals surface area contributed by atoms with Crippen molar-refractivity contribution in [1.82, 2.24) is 25.4 Å². The molecular formula is C18H21F2N7O3. The summed E-state index contributed by atoms with van der Waals surface area (Å²) >= 11 is 0. The molecule has 10 nitrogen and oxygen atoms in total. The number of ether oxygens (including phenoxy) is 1. The number of halogens is 2. The average Bonchev–Trinajstić information content (AvgIpc) is 3.25. The van der Waals surface area contributed by atoms with Crippen molar-refractivity contribution in [3.8, 4) is 0 Å². The summed E-state index contributed by atoms with van der Waals surface area (Å²) in [6.07, 6.45) is 1.95. The van der Waals surface area contributed by atoms with Gasteiger partial charge in [0.15, 0.2) is 11.6 Å². The van der Waals surface area contributed by atoms with Crippen LogP contribution in [0.2, 0.25) is 0 Å². The third-order valence-electron chi connectivity index (χ3n) is 5.02. The van der Waals surface area contributed by atoms with E-state index in [1.54, 1.807) is 11.1 Å². The maximum absolute atomic E-state index is 14.9. The summed E-state index contributed by atoms with van der Waals surface area (Å²) in [5, 5.41) is 8.92. The molecule has 2 aromatic rings. The van der Waals surface area contributed by atoms with Gasteiger partial charge in [0.2, 0.25) is 5.91 Å². The molecule has 0 aliphatic carbocycles. The summed E-state index contributed by atoms with van der Waals surface area (Å²) in [5.41, 5.74) is 2.82. The monoisotopic (exact) mass is 421 g/mol. The van der Waals surface area contributed by atoms with Crippen molar-refractivity contribution < 1.29 is 23.1 Å². The molecule has 4 rings (SSSR count). The number of hydrogen-bond donors (Lipinski definition) is 1. The fourth-order valence-corrected chi connectivity index (χ4v) is 3.60. The quantitative estimate of drug-likeness (QED) is 0.779. The highest BCUT2D eigenvalue weighted by Crippen LogP contribution is 2.31. The topological polar surface area (TPSA) is 95.8 Å². The van der Waals surface area contributed by atoms with Gasteiger partial charge in [0.05, 0.1) is 31.5 Å². The molecule has 160 valence electrons. The van der Waals surface area contributed by atoms with Gasteiger partial charge in [0, 0.05) is 44.9 Å². The highest BCUT2D eigenvalue weighted by atomic mass is 19.1. The SMILES string of the molecule is CC(=O)N1CCN(c2c(F)cc(N3C[C@H](Cn4ccnn4)OC3=O)cc2F)CCN1. The Labute approximate surface area is 170 Å².